The average Bonchev–Trinajstić information content (AvgIpc) is 2.85. The van der Waals surface area contributed by atoms with E-state index in [-0.39, 0.29) is 10.9 Å². The van der Waals surface area contributed by atoms with Gasteiger partial charge in [0.2, 0.25) is 0 Å². The SMILES string of the molecule is CCCCOP(=O)(c1ccccc1)c1cccc(P(=O)(OCCCC)c2ccccc2)n1. The number of rotatable bonds is 12. The zero-order chi connectivity index (χ0) is 22.9. The van der Waals surface area contributed by atoms with Gasteiger partial charge >= 0.3 is 0 Å². The van der Waals surface area contributed by atoms with Gasteiger partial charge in [-0.05, 0) is 49.2 Å². The third-order valence-electron chi connectivity index (χ3n) is 5.06. The summed E-state index contributed by atoms with van der Waals surface area (Å²) in [5.74, 6) is 0. The fourth-order valence-corrected chi connectivity index (χ4v) is 7.33. The molecule has 0 spiro atoms. The van der Waals surface area contributed by atoms with Gasteiger partial charge in [0.15, 0.2) is 0 Å². The van der Waals surface area contributed by atoms with E-state index in [1.54, 1.807) is 42.5 Å². The zero-order valence-electron chi connectivity index (χ0n) is 18.7. The van der Waals surface area contributed by atoms with Crippen LogP contribution in [0.1, 0.15) is 39.5 Å². The molecule has 1 heterocycles. The highest BCUT2D eigenvalue weighted by molar-refractivity contribution is 7.75. The first-order valence-electron chi connectivity index (χ1n) is 11.1. The molecule has 0 saturated heterocycles. The van der Waals surface area contributed by atoms with E-state index >= 15 is 0 Å². The van der Waals surface area contributed by atoms with Crippen molar-refractivity contribution in [2.45, 2.75) is 39.5 Å². The highest BCUT2D eigenvalue weighted by Gasteiger charge is 2.35. The van der Waals surface area contributed by atoms with Crippen LogP contribution in [0.15, 0.2) is 78.9 Å². The summed E-state index contributed by atoms with van der Waals surface area (Å²) in [5.41, 5.74) is 0.570. The fraction of sp³-hybridized carbons (Fsp3) is 0.320. The molecule has 0 aliphatic heterocycles. The number of hydrogen-bond donors (Lipinski definition) is 0. The van der Waals surface area contributed by atoms with Crippen LogP contribution < -0.4 is 21.5 Å². The zero-order valence-corrected chi connectivity index (χ0v) is 20.5. The van der Waals surface area contributed by atoms with Gasteiger partial charge in [0.1, 0.15) is 10.9 Å². The first kappa shape index (κ1) is 24.6. The van der Waals surface area contributed by atoms with Crippen LogP contribution in [-0.2, 0) is 18.2 Å². The summed E-state index contributed by atoms with van der Waals surface area (Å²) in [7, 11) is -6.92. The molecule has 0 saturated carbocycles. The minimum atomic E-state index is -3.46. The van der Waals surface area contributed by atoms with Crippen LogP contribution in [-0.4, -0.2) is 18.2 Å². The van der Waals surface area contributed by atoms with Gasteiger partial charge in [0, 0.05) is 10.6 Å². The molecule has 0 aliphatic carbocycles. The van der Waals surface area contributed by atoms with Gasteiger partial charge < -0.3 is 9.05 Å². The summed E-state index contributed by atoms with van der Waals surface area (Å²) >= 11 is 0. The molecule has 0 fully saturated rings. The van der Waals surface area contributed by atoms with Gasteiger partial charge in [0.05, 0.1) is 13.2 Å². The third-order valence-corrected chi connectivity index (χ3v) is 9.81. The molecule has 0 bridgehead atoms. The minimum absolute atomic E-state index is 0.285. The summed E-state index contributed by atoms with van der Waals surface area (Å²) in [6.45, 7) is 4.83. The maximum absolute atomic E-state index is 14.2. The lowest BCUT2D eigenvalue weighted by molar-refractivity contribution is 0.317. The number of nitrogens with zero attached hydrogens (tertiary/aromatic N) is 1. The van der Waals surface area contributed by atoms with E-state index in [9.17, 15) is 9.13 Å². The number of hydrogen-bond acceptors (Lipinski definition) is 5. The lowest BCUT2D eigenvalue weighted by Gasteiger charge is -2.22. The van der Waals surface area contributed by atoms with Gasteiger partial charge in [-0.2, -0.15) is 0 Å². The second kappa shape index (κ2) is 11.7. The van der Waals surface area contributed by atoms with E-state index in [1.165, 1.54) is 0 Å². The number of pyridine rings is 1. The highest BCUT2D eigenvalue weighted by atomic mass is 31.2. The van der Waals surface area contributed by atoms with Crippen molar-refractivity contribution in [3.05, 3.63) is 78.9 Å². The lowest BCUT2D eigenvalue weighted by Crippen LogP contribution is -2.29. The van der Waals surface area contributed by atoms with Crippen LogP contribution in [0.5, 0.6) is 0 Å². The monoisotopic (exact) mass is 471 g/mol. The van der Waals surface area contributed by atoms with Gasteiger partial charge in [-0.25, -0.2) is 4.98 Å². The Morgan fingerprint density at radius 2 is 1.03 bits per heavy atom. The van der Waals surface area contributed by atoms with Gasteiger partial charge in [-0.15, -0.1) is 0 Å². The summed E-state index contributed by atoms with van der Waals surface area (Å²) < 4.78 is 40.3. The number of unbranched alkanes of at least 4 members (excludes halogenated alkanes) is 2. The van der Waals surface area contributed by atoms with Gasteiger partial charge in [-0.3, -0.25) is 9.13 Å². The van der Waals surface area contributed by atoms with Gasteiger partial charge in [-0.1, -0.05) is 69.2 Å². The van der Waals surface area contributed by atoms with Crippen LogP contribution in [0.4, 0.5) is 0 Å². The largest absolute Gasteiger partial charge is 0.321 e. The first-order valence-corrected chi connectivity index (χ1v) is 14.4. The molecule has 0 N–H and O–H groups in total. The summed E-state index contributed by atoms with van der Waals surface area (Å²) in [6, 6.07) is 23.3. The maximum atomic E-state index is 14.2. The molecule has 0 amide bonds. The fourth-order valence-electron chi connectivity index (χ4n) is 3.21. The number of aromatic nitrogens is 1. The summed E-state index contributed by atoms with van der Waals surface area (Å²) in [6.07, 6.45) is 3.44. The van der Waals surface area contributed by atoms with Crippen LogP contribution in [0.25, 0.3) is 0 Å². The molecule has 2 aromatic carbocycles. The van der Waals surface area contributed by atoms with E-state index < -0.39 is 14.7 Å². The Kier molecular flexibility index (Phi) is 9.02. The van der Waals surface area contributed by atoms with Crippen molar-refractivity contribution in [2.75, 3.05) is 13.2 Å². The molecule has 3 aromatic rings. The van der Waals surface area contributed by atoms with Crippen molar-refractivity contribution >= 4 is 36.2 Å². The molecule has 32 heavy (non-hydrogen) atoms. The smallest absolute Gasteiger partial charge is 0.279 e. The van der Waals surface area contributed by atoms with Crippen molar-refractivity contribution in [3.8, 4) is 0 Å². The molecule has 170 valence electrons. The second-order valence-electron chi connectivity index (χ2n) is 7.50. The Labute approximate surface area is 191 Å². The molecule has 7 heteroatoms. The van der Waals surface area contributed by atoms with E-state index in [0.717, 1.165) is 25.7 Å². The topological polar surface area (TPSA) is 65.5 Å². The Hall–Kier alpha value is -2.03. The van der Waals surface area contributed by atoms with Gasteiger partial charge in [0.25, 0.3) is 14.7 Å². The molecule has 3 rings (SSSR count). The number of benzene rings is 2. The molecule has 5 nitrogen and oxygen atoms in total. The van der Waals surface area contributed by atoms with Crippen molar-refractivity contribution < 1.29 is 18.2 Å². The molecule has 0 aliphatic rings. The van der Waals surface area contributed by atoms with Crippen LogP contribution in [0.2, 0.25) is 0 Å². The van der Waals surface area contributed by atoms with Crippen molar-refractivity contribution in [1.29, 1.82) is 0 Å². The van der Waals surface area contributed by atoms with Crippen molar-refractivity contribution in [1.82, 2.24) is 4.98 Å². The lowest BCUT2D eigenvalue weighted by atomic mass is 10.4. The third kappa shape index (κ3) is 5.66. The summed E-state index contributed by atoms with van der Waals surface area (Å²) in [5, 5.41) is 1.14. The van der Waals surface area contributed by atoms with E-state index in [1.807, 2.05) is 36.4 Å². The van der Waals surface area contributed by atoms with E-state index in [2.05, 4.69) is 18.8 Å². The predicted molar refractivity (Wildman–Crippen MR) is 133 cm³/mol. The van der Waals surface area contributed by atoms with Crippen LogP contribution >= 0.6 is 14.7 Å². The summed E-state index contributed by atoms with van der Waals surface area (Å²) in [4.78, 5) is 4.65. The Balaban J connectivity index is 2.08. The Morgan fingerprint density at radius 3 is 1.41 bits per heavy atom. The van der Waals surface area contributed by atoms with Crippen LogP contribution in [0.3, 0.4) is 0 Å². The van der Waals surface area contributed by atoms with Crippen molar-refractivity contribution in [2.24, 2.45) is 0 Å². The van der Waals surface area contributed by atoms with E-state index in [0.29, 0.717) is 23.8 Å². The second-order valence-corrected chi connectivity index (χ2v) is 12.2. The molecule has 2 atom stereocenters. The highest BCUT2D eigenvalue weighted by Crippen LogP contribution is 2.47. The normalized spacial score (nSPS) is 15.1. The standard InChI is InChI=1S/C25H31NO4P2/c1-3-5-20-29-31(27,22-14-9-7-10-15-22)24-18-13-19-25(26-24)32(28,30-21-6-4-2)23-16-11-8-12-17-23/h7-19H,3-6,20-21H2,1-2H3. The first-order chi connectivity index (χ1) is 15.5. The van der Waals surface area contributed by atoms with Crippen LogP contribution in [0, 0.1) is 0 Å². The molecular formula is C25H31NO4P2. The quantitative estimate of drug-likeness (QED) is 0.269. The Morgan fingerprint density at radius 1 is 0.625 bits per heavy atom. The molecular weight excluding hydrogens is 440 g/mol. The Bertz CT molecular complexity index is 991. The molecule has 0 radical (unpaired) electrons. The average molecular weight is 471 g/mol. The molecule has 2 unspecified atom stereocenters. The van der Waals surface area contributed by atoms with Crippen molar-refractivity contribution in [3.63, 3.8) is 0 Å². The maximum Gasteiger partial charge on any atom is 0.279 e. The minimum Gasteiger partial charge on any atom is -0.321 e. The predicted octanol–water partition coefficient (Wildman–Crippen LogP) is 5.17. The molecule has 1 aromatic heterocycles. The van der Waals surface area contributed by atoms with E-state index in [4.69, 9.17) is 9.05 Å².